The second-order valence-corrected chi connectivity index (χ2v) is 6.37. The van der Waals surface area contributed by atoms with Gasteiger partial charge in [-0.25, -0.2) is 4.98 Å². The number of nitrogens with one attached hydrogen (secondary N) is 1. The van der Waals surface area contributed by atoms with Crippen molar-refractivity contribution in [2.24, 2.45) is 0 Å². The number of benzene rings is 1. The predicted octanol–water partition coefficient (Wildman–Crippen LogP) is 2.40. The van der Waals surface area contributed by atoms with Crippen LogP contribution in [0, 0.1) is 0 Å². The van der Waals surface area contributed by atoms with Crippen LogP contribution in [0.1, 0.15) is 35.2 Å². The summed E-state index contributed by atoms with van der Waals surface area (Å²) in [5, 5.41) is 6.25. The van der Waals surface area contributed by atoms with Gasteiger partial charge in [-0.3, -0.25) is 4.79 Å². The maximum atomic E-state index is 13.3. The zero-order valence-corrected chi connectivity index (χ0v) is 14.6. The molecule has 1 aliphatic rings. The fourth-order valence-corrected chi connectivity index (χ4v) is 3.09. The summed E-state index contributed by atoms with van der Waals surface area (Å²) in [4.78, 5) is 19.7. The van der Waals surface area contributed by atoms with Crippen molar-refractivity contribution in [1.29, 1.82) is 0 Å². The number of hydrogen-bond acceptors (Lipinski definition) is 6. The second kappa shape index (κ2) is 7.23. The standard InChI is InChI=1S/C17H16F3N5O3/c18-17(19,20)16-22-11-5-1-2-6-12(11)25(16)9-13-23-15(28-24-13)14(26)21-8-10-4-3-7-27-10/h1-2,5-6,10H,3-4,7-9H2,(H,21,26). The average Bonchev–Trinajstić information content (AvgIpc) is 3.40. The van der Waals surface area contributed by atoms with Crippen molar-refractivity contribution in [1.82, 2.24) is 25.0 Å². The highest BCUT2D eigenvalue weighted by molar-refractivity contribution is 5.89. The van der Waals surface area contributed by atoms with Crippen molar-refractivity contribution in [3.8, 4) is 0 Å². The Balaban J connectivity index is 1.53. The van der Waals surface area contributed by atoms with Crippen molar-refractivity contribution >= 4 is 16.9 Å². The van der Waals surface area contributed by atoms with Crippen LogP contribution in [-0.2, 0) is 17.5 Å². The van der Waals surface area contributed by atoms with Crippen LogP contribution in [0.5, 0.6) is 0 Å². The lowest BCUT2D eigenvalue weighted by atomic mass is 10.2. The number of carbonyl (C=O) groups excluding carboxylic acids is 1. The van der Waals surface area contributed by atoms with Gasteiger partial charge in [-0.05, 0) is 25.0 Å². The number of aromatic nitrogens is 4. The van der Waals surface area contributed by atoms with E-state index in [1.165, 1.54) is 12.1 Å². The first-order chi connectivity index (χ1) is 13.4. The first-order valence-corrected chi connectivity index (χ1v) is 8.66. The maximum absolute atomic E-state index is 13.3. The molecule has 1 aromatic carbocycles. The third-order valence-corrected chi connectivity index (χ3v) is 4.38. The topological polar surface area (TPSA) is 95.1 Å². The molecular weight excluding hydrogens is 379 g/mol. The van der Waals surface area contributed by atoms with E-state index < -0.39 is 17.9 Å². The zero-order valence-electron chi connectivity index (χ0n) is 14.6. The fourth-order valence-electron chi connectivity index (χ4n) is 3.09. The molecule has 0 aliphatic carbocycles. The van der Waals surface area contributed by atoms with E-state index in [0.29, 0.717) is 13.2 Å². The summed E-state index contributed by atoms with van der Waals surface area (Å²) in [6, 6.07) is 6.22. The molecule has 1 aliphatic heterocycles. The smallest absolute Gasteiger partial charge is 0.376 e. The molecule has 3 heterocycles. The molecule has 0 saturated carbocycles. The van der Waals surface area contributed by atoms with E-state index >= 15 is 0 Å². The van der Waals surface area contributed by atoms with Gasteiger partial charge in [-0.2, -0.15) is 18.2 Å². The Kier molecular flexibility index (Phi) is 4.75. The normalized spacial score (nSPS) is 17.3. The van der Waals surface area contributed by atoms with Crippen LogP contribution in [0.25, 0.3) is 11.0 Å². The first-order valence-electron chi connectivity index (χ1n) is 8.66. The molecular formula is C17H16F3N5O3. The summed E-state index contributed by atoms with van der Waals surface area (Å²) in [5.74, 6) is -2.04. The van der Waals surface area contributed by atoms with E-state index in [2.05, 4.69) is 20.4 Å². The Bertz CT molecular complexity index is 991. The van der Waals surface area contributed by atoms with Gasteiger partial charge in [0.1, 0.15) is 0 Å². The molecule has 148 valence electrons. The predicted molar refractivity (Wildman–Crippen MR) is 89.4 cm³/mol. The quantitative estimate of drug-likeness (QED) is 0.713. The highest BCUT2D eigenvalue weighted by Crippen LogP contribution is 2.31. The minimum Gasteiger partial charge on any atom is -0.376 e. The van der Waals surface area contributed by atoms with Crippen LogP contribution >= 0.6 is 0 Å². The summed E-state index contributed by atoms with van der Waals surface area (Å²) in [5.41, 5.74) is 0.483. The fraction of sp³-hybridized carbons (Fsp3) is 0.412. The van der Waals surface area contributed by atoms with Crippen LogP contribution < -0.4 is 5.32 Å². The molecule has 28 heavy (non-hydrogen) atoms. The van der Waals surface area contributed by atoms with Crippen LogP contribution in [0.2, 0.25) is 0 Å². The molecule has 1 saturated heterocycles. The number of alkyl halides is 3. The molecule has 1 atom stereocenters. The van der Waals surface area contributed by atoms with Gasteiger partial charge < -0.3 is 19.1 Å². The molecule has 1 fully saturated rings. The minimum atomic E-state index is -4.65. The Hall–Kier alpha value is -2.95. The molecule has 11 heteroatoms. The van der Waals surface area contributed by atoms with E-state index in [1.807, 2.05) is 0 Å². The number of carbonyl (C=O) groups is 1. The molecule has 8 nitrogen and oxygen atoms in total. The second-order valence-electron chi connectivity index (χ2n) is 6.37. The molecule has 0 bridgehead atoms. The average molecular weight is 395 g/mol. The number of ether oxygens (including phenoxy) is 1. The Morgan fingerprint density at radius 3 is 2.86 bits per heavy atom. The molecule has 2 aromatic heterocycles. The van der Waals surface area contributed by atoms with Crippen molar-refractivity contribution < 1.29 is 27.2 Å². The van der Waals surface area contributed by atoms with Crippen LogP contribution in [-0.4, -0.2) is 44.9 Å². The Morgan fingerprint density at radius 1 is 1.29 bits per heavy atom. The van der Waals surface area contributed by atoms with Gasteiger partial charge in [-0.1, -0.05) is 17.3 Å². The van der Waals surface area contributed by atoms with Gasteiger partial charge in [-0.15, -0.1) is 0 Å². The number of halogens is 3. The highest BCUT2D eigenvalue weighted by atomic mass is 19.4. The molecule has 0 spiro atoms. The number of imidazole rings is 1. The van der Waals surface area contributed by atoms with Crippen LogP contribution in [0.3, 0.4) is 0 Å². The van der Waals surface area contributed by atoms with Crippen molar-refractivity contribution in [2.75, 3.05) is 13.2 Å². The monoisotopic (exact) mass is 395 g/mol. The molecule has 4 rings (SSSR count). The molecule has 1 unspecified atom stereocenters. The highest BCUT2D eigenvalue weighted by Gasteiger charge is 2.38. The molecule has 3 aromatic rings. The van der Waals surface area contributed by atoms with Gasteiger partial charge >= 0.3 is 18.0 Å². The van der Waals surface area contributed by atoms with Crippen molar-refractivity contribution in [3.63, 3.8) is 0 Å². The minimum absolute atomic E-state index is 0.0574. The van der Waals surface area contributed by atoms with Crippen LogP contribution in [0.15, 0.2) is 28.8 Å². The number of hydrogen-bond donors (Lipinski definition) is 1. The Labute approximate surface area is 156 Å². The van der Waals surface area contributed by atoms with E-state index in [9.17, 15) is 18.0 Å². The number of para-hydroxylation sites is 2. The van der Waals surface area contributed by atoms with E-state index in [0.717, 1.165) is 17.4 Å². The number of fused-ring (bicyclic) bond motifs is 1. The molecule has 1 amide bonds. The van der Waals surface area contributed by atoms with E-state index in [4.69, 9.17) is 9.26 Å². The number of nitrogens with zero attached hydrogens (tertiary/aromatic N) is 4. The number of amides is 1. The lowest BCUT2D eigenvalue weighted by Crippen LogP contribution is -2.32. The SMILES string of the molecule is O=C(NCC1CCCO1)c1nc(Cn2c(C(F)(F)F)nc3ccccc32)no1. The van der Waals surface area contributed by atoms with Gasteiger partial charge in [0, 0.05) is 13.2 Å². The van der Waals surface area contributed by atoms with E-state index in [-0.39, 0.29) is 35.4 Å². The summed E-state index contributed by atoms with van der Waals surface area (Å²) in [6.45, 7) is 0.629. The zero-order chi connectivity index (χ0) is 19.7. The lowest BCUT2D eigenvalue weighted by molar-refractivity contribution is -0.146. The van der Waals surface area contributed by atoms with Gasteiger partial charge in [0.2, 0.25) is 5.82 Å². The largest absolute Gasteiger partial charge is 0.449 e. The number of rotatable bonds is 5. The third-order valence-electron chi connectivity index (χ3n) is 4.38. The summed E-state index contributed by atoms with van der Waals surface area (Å²) in [6.07, 6.45) is -2.92. The van der Waals surface area contributed by atoms with Gasteiger partial charge in [0.25, 0.3) is 0 Å². The first kappa shape index (κ1) is 18.4. The van der Waals surface area contributed by atoms with Gasteiger partial charge in [0.05, 0.1) is 23.7 Å². The maximum Gasteiger partial charge on any atom is 0.449 e. The molecule has 0 radical (unpaired) electrons. The van der Waals surface area contributed by atoms with E-state index in [1.54, 1.807) is 12.1 Å². The summed E-state index contributed by atoms with van der Waals surface area (Å²) >= 11 is 0. The van der Waals surface area contributed by atoms with Crippen molar-refractivity contribution in [3.05, 3.63) is 41.8 Å². The third kappa shape index (κ3) is 3.70. The summed E-state index contributed by atoms with van der Waals surface area (Å²) < 4.78 is 51.3. The molecule has 1 N–H and O–H groups in total. The summed E-state index contributed by atoms with van der Waals surface area (Å²) in [7, 11) is 0. The van der Waals surface area contributed by atoms with Crippen molar-refractivity contribution in [2.45, 2.75) is 31.7 Å². The van der Waals surface area contributed by atoms with Crippen LogP contribution in [0.4, 0.5) is 13.2 Å². The Morgan fingerprint density at radius 2 is 2.11 bits per heavy atom. The van der Waals surface area contributed by atoms with Gasteiger partial charge in [0.15, 0.2) is 5.82 Å². The lowest BCUT2D eigenvalue weighted by Gasteiger charge is -2.09.